The van der Waals surface area contributed by atoms with Crippen molar-refractivity contribution >= 4 is 17.5 Å². The van der Waals surface area contributed by atoms with Crippen molar-refractivity contribution in [3.05, 3.63) is 22.7 Å². The molecule has 0 bridgehead atoms. The second-order valence-corrected chi connectivity index (χ2v) is 7.23. The SMILES string of the molecule is CCCOc1c(Cl)cc(C(=O)N(C)C2CCN(CCC)CC2)cc1OC. The van der Waals surface area contributed by atoms with Gasteiger partial charge in [-0.2, -0.15) is 0 Å². The molecule has 1 aromatic rings. The number of hydrogen-bond acceptors (Lipinski definition) is 4. The highest BCUT2D eigenvalue weighted by Crippen LogP contribution is 2.37. The molecule has 0 aliphatic carbocycles. The van der Waals surface area contributed by atoms with Crippen LogP contribution in [0.2, 0.25) is 5.02 Å². The van der Waals surface area contributed by atoms with Crippen molar-refractivity contribution in [2.75, 3.05) is 40.4 Å². The predicted molar refractivity (Wildman–Crippen MR) is 106 cm³/mol. The van der Waals surface area contributed by atoms with Gasteiger partial charge in [0.25, 0.3) is 5.91 Å². The first kappa shape index (κ1) is 20.8. The zero-order chi connectivity index (χ0) is 19.1. The summed E-state index contributed by atoms with van der Waals surface area (Å²) in [5.74, 6) is 0.977. The minimum atomic E-state index is -0.0267. The van der Waals surface area contributed by atoms with E-state index in [2.05, 4.69) is 11.8 Å². The largest absolute Gasteiger partial charge is 0.493 e. The Kier molecular flexibility index (Phi) is 8.04. The molecular formula is C20H31ClN2O3. The van der Waals surface area contributed by atoms with Crippen LogP contribution in [0.4, 0.5) is 0 Å². The van der Waals surface area contributed by atoms with Gasteiger partial charge in [0, 0.05) is 31.7 Å². The zero-order valence-electron chi connectivity index (χ0n) is 16.4. The van der Waals surface area contributed by atoms with E-state index in [1.54, 1.807) is 19.2 Å². The van der Waals surface area contributed by atoms with Gasteiger partial charge in [0.15, 0.2) is 11.5 Å². The lowest BCUT2D eigenvalue weighted by atomic mass is 10.0. The van der Waals surface area contributed by atoms with Crippen LogP contribution >= 0.6 is 11.6 Å². The number of hydrogen-bond donors (Lipinski definition) is 0. The maximum absolute atomic E-state index is 13.0. The predicted octanol–water partition coefficient (Wildman–Crippen LogP) is 4.08. The first-order chi connectivity index (χ1) is 12.5. The Morgan fingerprint density at radius 3 is 2.54 bits per heavy atom. The van der Waals surface area contributed by atoms with Crippen LogP contribution in [0, 0.1) is 0 Å². The van der Waals surface area contributed by atoms with E-state index in [-0.39, 0.29) is 11.9 Å². The number of carbonyl (C=O) groups excluding carboxylic acids is 1. The van der Waals surface area contributed by atoms with Crippen LogP contribution in [0.15, 0.2) is 12.1 Å². The molecule has 1 aliphatic rings. The maximum Gasteiger partial charge on any atom is 0.254 e. The summed E-state index contributed by atoms with van der Waals surface area (Å²) in [6, 6.07) is 3.67. The van der Waals surface area contributed by atoms with Gasteiger partial charge in [-0.05, 0) is 44.4 Å². The van der Waals surface area contributed by atoms with Gasteiger partial charge in [0.2, 0.25) is 0 Å². The molecule has 0 N–H and O–H groups in total. The highest BCUT2D eigenvalue weighted by atomic mass is 35.5. The van der Waals surface area contributed by atoms with E-state index >= 15 is 0 Å². The van der Waals surface area contributed by atoms with Crippen molar-refractivity contribution < 1.29 is 14.3 Å². The summed E-state index contributed by atoms with van der Waals surface area (Å²) >= 11 is 6.36. The van der Waals surface area contributed by atoms with E-state index in [9.17, 15) is 4.79 Å². The van der Waals surface area contributed by atoms with Gasteiger partial charge in [-0.1, -0.05) is 25.4 Å². The van der Waals surface area contributed by atoms with E-state index in [0.717, 1.165) is 38.9 Å². The quantitative estimate of drug-likeness (QED) is 0.679. The monoisotopic (exact) mass is 382 g/mol. The molecular weight excluding hydrogens is 352 g/mol. The maximum atomic E-state index is 13.0. The van der Waals surface area contributed by atoms with Gasteiger partial charge in [-0.3, -0.25) is 4.79 Å². The molecule has 1 fully saturated rings. The number of rotatable bonds is 8. The Labute approximate surface area is 162 Å². The first-order valence-electron chi connectivity index (χ1n) is 9.51. The van der Waals surface area contributed by atoms with Crippen molar-refractivity contribution in [2.24, 2.45) is 0 Å². The lowest BCUT2D eigenvalue weighted by Crippen LogP contribution is -2.45. The third-order valence-corrected chi connectivity index (χ3v) is 5.17. The van der Waals surface area contributed by atoms with Crippen molar-refractivity contribution in [3.63, 3.8) is 0 Å². The second kappa shape index (κ2) is 10.0. The van der Waals surface area contributed by atoms with Gasteiger partial charge in [0.1, 0.15) is 0 Å². The minimum Gasteiger partial charge on any atom is -0.493 e. The second-order valence-electron chi connectivity index (χ2n) is 6.83. The van der Waals surface area contributed by atoms with Crippen LogP contribution in [0.25, 0.3) is 0 Å². The number of likely N-dealkylation sites (tertiary alicyclic amines) is 1. The van der Waals surface area contributed by atoms with Crippen LogP contribution in [-0.4, -0.2) is 62.1 Å². The molecule has 1 saturated heterocycles. The normalized spacial score (nSPS) is 15.7. The van der Waals surface area contributed by atoms with Crippen molar-refractivity contribution in [2.45, 2.75) is 45.6 Å². The lowest BCUT2D eigenvalue weighted by Gasteiger charge is -2.36. The van der Waals surface area contributed by atoms with Crippen LogP contribution in [0.1, 0.15) is 49.9 Å². The molecule has 0 radical (unpaired) electrons. The van der Waals surface area contributed by atoms with Crippen molar-refractivity contribution in [1.82, 2.24) is 9.80 Å². The fourth-order valence-corrected chi connectivity index (χ4v) is 3.67. The molecule has 5 nitrogen and oxygen atoms in total. The number of piperidine rings is 1. The van der Waals surface area contributed by atoms with E-state index in [0.29, 0.717) is 28.7 Å². The van der Waals surface area contributed by atoms with E-state index < -0.39 is 0 Å². The molecule has 2 rings (SSSR count). The number of halogens is 1. The molecule has 1 aromatic carbocycles. The van der Waals surface area contributed by atoms with Gasteiger partial charge in [-0.25, -0.2) is 0 Å². The first-order valence-corrected chi connectivity index (χ1v) is 9.89. The number of ether oxygens (including phenoxy) is 2. The van der Waals surface area contributed by atoms with Crippen LogP contribution < -0.4 is 9.47 Å². The highest BCUT2D eigenvalue weighted by molar-refractivity contribution is 6.32. The minimum absolute atomic E-state index is 0.0267. The molecule has 1 amide bonds. The van der Waals surface area contributed by atoms with E-state index in [1.807, 2.05) is 18.9 Å². The number of methoxy groups -OCH3 is 1. The molecule has 6 heteroatoms. The molecule has 0 unspecified atom stereocenters. The standard InChI is InChI=1S/C20H31ClN2O3/c1-5-9-23-10-7-16(8-11-23)22(3)20(24)15-13-17(21)19(26-12-6-2)18(14-15)25-4/h13-14,16H,5-12H2,1-4H3. The summed E-state index contributed by atoms with van der Waals surface area (Å²) in [4.78, 5) is 17.3. The van der Waals surface area contributed by atoms with E-state index in [4.69, 9.17) is 21.1 Å². The third kappa shape index (κ3) is 5.04. The number of nitrogens with zero attached hydrogens (tertiary/aromatic N) is 2. The van der Waals surface area contributed by atoms with E-state index in [1.165, 1.54) is 6.42 Å². The highest BCUT2D eigenvalue weighted by Gasteiger charge is 2.27. The molecule has 26 heavy (non-hydrogen) atoms. The molecule has 146 valence electrons. The Hall–Kier alpha value is -1.46. The summed E-state index contributed by atoms with van der Waals surface area (Å²) in [5.41, 5.74) is 0.536. The Balaban J connectivity index is 2.10. The van der Waals surface area contributed by atoms with Gasteiger partial charge < -0.3 is 19.3 Å². The fourth-order valence-electron chi connectivity index (χ4n) is 3.40. The topological polar surface area (TPSA) is 42.0 Å². The average molecular weight is 383 g/mol. The van der Waals surface area contributed by atoms with Crippen LogP contribution in [0.5, 0.6) is 11.5 Å². The Bertz CT molecular complexity index is 601. The molecule has 0 saturated carbocycles. The molecule has 0 atom stereocenters. The lowest BCUT2D eigenvalue weighted by molar-refractivity contribution is 0.0642. The zero-order valence-corrected chi connectivity index (χ0v) is 17.1. The Morgan fingerprint density at radius 1 is 1.27 bits per heavy atom. The summed E-state index contributed by atoms with van der Waals surface area (Å²) in [7, 11) is 3.44. The molecule has 0 aromatic heterocycles. The van der Waals surface area contributed by atoms with Crippen molar-refractivity contribution in [1.29, 1.82) is 0 Å². The van der Waals surface area contributed by atoms with Crippen LogP contribution in [0.3, 0.4) is 0 Å². The van der Waals surface area contributed by atoms with Crippen molar-refractivity contribution in [3.8, 4) is 11.5 Å². The molecule has 0 spiro atoms. The summed E-state index contributed by atoms with van der Waals surface area (Å²) in [6.07, 6.45) is 4.05. The fraction of sp³-hybridized carbons (Fsp3) is 0.650. The smallest absolute Gasteiger partial charge is 0.254 e. The number of carbonyl (C=O) groups is 1. The van der Waals surface area contributed by atoms with Gasteiger partial charge in [0.05, 0.1) is 18.7 Å². The third-order valence-electron chi connectivity index (χ3n) is 4.89. The number of amides is 1. The van der Waals surface area contributed by atoms with Gasteiger partial charge >= 0.3 is 0 Å². The summed E-state index contributed by atoms with van der Waals surface area (Å²) in [5, 5.41) is 0.410. The van der Waals surface area contributed by atoms with Gasteiger partial charge in [-0.15, -0.1) is 0 Å². The molecule has 1 heterocycles. The van der Waals surface area contributed by atoms with Crippen LogP contribution in [-0.2, 0) is 0 Å². The summed E-state index contributed by atoms with van der Waals surface area (Å²) < 4.78 is 11.1. The summed E-state index contributed by atoms with van der Waals surface area (Å²) in [6.45, 7) is 8.01. The molecule has 1 aliphatic heterocycles. The average Bonchev–Trinajstić information content (AvgIpc) is 2.66. The Morgan fingerprint density at radius 2 is 1.96 bits per heavy atom. The number of benzene rings is 1.